The van der Waals surface area contributed by atoms with Crippen molar-refractivity contribution in [3.8, 4) is 0 Å². The molecule has 9 heteroatoms. The second-order valence-corrected chi connectivity index (χ2v) is 7.53. The molecule has 0 aliphatic rings. The second-order valence-electron chi connectivity index (χ2n) is 6.66. The van der Waals surface area contributed by atoms with Crippen LogP contribution in [0.4, 0.5) is 15.8 Å². The molecule has 0 saturated heterocycles. The molecule has 3 aromatic rings. The number of anilines is 2. The summed E-state index contributed by atoms with van der Waals surface area (Å²) >= 11 is 11.9. The maximum Gasteiger partial charge on any atom is 0.258 e. The highest BCUT2D eigenvalue weighted by Gasteiger charge is 2.18. The summed E-state index contributed by atoms with van der Waals surface area (Å²) in [5, 5.41) is 6.08. The largest absolute Gasteiger partial charge is 0.384 e. The minimum atomic E-state index is -0.768. The van der Waals surface area contributed by atoms with Gasteiger partial charge in [-0.15, -0.1) is 0 Å². The maximum absolute atomic E-state index is 14.6. The number of hydrogen-bond donors (Lipinski definition) is 3. The van der Waals surface area contributed by atoms with Gasteiger partial charge >= 0.3 is 0 Å². The van der Waals surface area contributed by atoms with Crippen LogP contribution in [0.15, 0.2) is 65.7 Å². The Morgan fingerprint density at radius 1 is 0.906 bits per heavy atom. The number of carbonyl (C=O) groups is 2. The van der Waals surface area contributed by atoms with Crippen LogP contribution in [0.5, 0.6) is 0 Å². The third-order valence-electron chi connectivity index (χ3n) is 4.41. The zero-order valence-corrected chi connectivity index (χ0v) is 18.5. The summed E-state index contributed by atoms with van der Waals surface area (Å²) in [7, 11) is 0. The van der Waals surface area contributed by atoms with Gasteiger partial charge in [-0.3, -0.25) is 14.6 Å². The monoisotopic (exact) mass is 472 g/mol. The van der Waals surface area contributed by atoms with Gasteiger partial charge in [-0.05, 0) is 61.5 Å². The number of halogens is 3. The summed E-state index contributed by atoms with van der Waals surface area (Å²) in [6, 6.07) is 14.9. The van der Waals surface area contributed by atoms with Crippen molar-refractivity contribution in [2.24, 2.45) is 10.7 Å². The van der Waals surface area contributed by atoms with E-state index in [2.05, 4.69) is 15.6 Å². The third-order valence-corrected chi connectivity index (χ3v) is 4.90. The third kappa shape index (κ3) is 5.63. The standard InChI is InChI=1S/C23H19Cl2FN4O2/c1-2-28-21(27)13-3-9-17(19(26)11-13)22(31)30-20-10-6-15(25)12-18(20)23(32)29-16-7-4-14(24)5-8-16/h3-12H,2H2,1H3,(H2,27,28)(H,29,32)(H,30,31). The molecule has 0 radical (unpaired) electrons. The maximum atomic E-state index is 14.6. The molecule has 0 spiro atoms. The lowest BCUT2D eigenvalue weighted by molar-refractivity contribution is 0.102. The van der Waals surface area contributed by atoms with Crippen LogP contribution in [0.3, 0.4) is 0 Å². The SMILES string of the molecule is CCN=C(N)c1ccc(C(=O)Nc2ccc(Cl)cc2C(=O)Nc2ccc(Cl)cc2)c(F)c1. The van der Waals surface area contributed by atoms with E-state index in [1.165, 1.54) is 30.3 Å². The number of nitrogens with two attached hydrogens (primary N) is 1. The number of benzene rings is 3. The van der Waals surface area contributed by atoms with Gasteiger partial charge in [0.2, 0.25) is 0 Å². The molecular weight excluding hydrogens is 454 g/mol. The molecule has 3 rings (SSSR count). The van der Waals surface area contributed by atoms with Crippen LogP contribution in [0.2, 0.25) is 10.0 Å². The minimum Gasteiger partial charge on any atom is -0.384 e. The Hall–Kier alpha value is -3.42. The van der Waals surface area contributed by atoms with E-state index in [0.29, 0.717) is 27.8 Å². The van der Waals surface area contributed by atoms with Crippen molar-refractivity contribution in [2.75, 3.05) is 17.2 Å². The Labute approximate surface area is 194 Å². The van der Waals surface area contributed by atoms with Gasteiger partial charge < -0.3 is 16.4 Å². The summed E-state index contributed by atoms with van der Waals surface area (Å²) < 4.78 is 14.6. The molecule has 32 heavy (non-hydrogen) atoms. The molecule has 0 fully saturated rings. The fraction of sp³-hybridized carbons (Fsp3) is 0.0870. The van der Waals surface area contributed by atoms with E-state index >= 15 is 0 Å². The average Bonchev–Trinajstić information content (AvgIpc) is 2.76. The second kappa shape index (κ2) is 10.3. The van der Waals surface area contributed by atoms with E-state index in [9.17, 15) is 14.0 Å². The fourth-order valence-electron chi connectivity index (χ4n) is 2.85. The Bertz CT molecular complexity index is 1200. The van der Waals surface area contributed by atoms with Crippen molar-refractivity contribution >= 4 is 52.2 Å². The summed E-state index contributed by atoms with van der Waals surface area (Å²) in [6.07, 6.45) is 0. The average molecular weight is 473 g/mol. The number of carbonyl (C=O) groups excluding carboxylic acids is 2. The molecule has 0 aromatic heterocycles. The highest BCUT2D eigenvalue weighted by Crippen LogP contribution is 2.24. The molecule has 0 heterocycles. The topological polar surface area (TPSA) is 96.6 Å². The van der Waals surface area contributed by atoms with E-state index in [1.54, 1.807) is 31.2 Å². The predicted octanol–water partition coefficient (Wildman–Crippen LogP) is 5.36. The molecule has 6 nitrogen and oxygen atoms in total. The lowest BCUT2D eigenvalue weighted by Crippen LogP contribution is -2.20. The van der Waals surface area contributed by atoms with Crippen molar-refractivity contribution in [1.29, 1.82) is 0 Å². The summed E-state index contributed by atoms with van der Waals surface area (Å²) in [6.45, 7) is 2.25. The number of aliphatic imine (C=N–C) groups is 1. The highest BCUT2D eigenvalue weighted by molar-refractivity contribution is 6.31. The van der Waals surface area contributed by atoms with Crippen molar-refractivity contribution in [3.63, 3.8) is 0 Å². The van der Waals surface area contributed by atoms with Crippen LogP contribution in [0, 0.1) is 5.82 Å². The zero-order valence-electron chi connectivity index (χ0n) is 17.0. The van der Waals surface area contributed by atoms with Crippen molar-refractivity contribution in [3.05, 3.63) is 93.2 Å². The van der Waals surface area contributed by atoms with Crippen molar-refractivity contribution < 1.29 is 14.0 Å². The molecule has 0 atom stereocenters. The van der Waals surface area contributed by atoms with Crippen molar-refractivity contribution in [1.82, 2.24) is 0 Å². The number of hydrogen-bond acceptors (Lipinski definition) is 3. The van der Waals surface area contributed by atoms with Crippen LogP contribution in [0.1, 0.15) is 33.2 Å². The summed E-state index contributed by atoms with van der Waals surface area (Å²) in [5.74, 6) is -1.83. The Morgan fingerprint density at radius 3 is 2.22 bits per heavy atom. The Morgan fingerprint density at radius 2 is 1.56 bits per heavy atom. The molecule has 0 saturated carbocycles. The van der Waals surface area contributed by atoms with Crippen LogP contribution in [-0.4, -0.2) is 24.2 Å². The van der Waals surface area contributed by atoms with Crippen LogP contribution in [-0.2, 0) is 0 Å². The smallest absolute Gasteiger partial charge is 0.258 e. The minimum absolute atomic E-state index is 0.108. The van der Waals surface area contributed by atoms with E-state index in [4.69, 9.17) is 28.9 Å². The quantitative estimate of drug-likeness (QED) is 0.332. The molecule has 3 aromatic carbocycles. The van der Waals surface area contributed by atoms with E-state index in [-0.39, 0.29) is 22.6 Å². The molecule has 2 amide bonds. The normalized spacial score (nSPS) is 11.2. The lowest BCUT2D eigenvalue weighted by Gasteiger charge is -2.13. The molecule has 0 aliphatic heterocycles. The van der Waals surface area contributed by atoms with Gasteiger partial charge in [0.1, 0.15) is 11.7 Å². The fourth-order valence-corrected chi connectivity index (χ4v) is 3.15. The first kappa shape index (κ1) is 23.2. The first-order chi connectivity index (χ1) is 15.3. The van der Waals surface area contributed by atoms with E-state index < -0.39 is 17.6 Å². The number of amidine groups is 1. The first-order valence-electron chi connectivity index (χ1n) is 9.56. The lowest BCUT2D eigenvalue weighted by atomic mass is 10.1. The van der Waals surface area contributed by atoms with Gasteiger partial charge in [-0.1, -0.05) is 29.3 Å². The Kier molecular flexibility index (Phi) is 7.45. The summed E-state index contributed by atoms with van der Waals surface area (Å²) in [5.41, 5.74) is 6.72. The summed E-state index contributed by atoms with van der Waals surface area (Å²) in [4.78, 5) is 29.5. The van der Waals surface area contributed by atoms with E-state index in [0.717, 1.165) is 6.07 Å². The Balaban J connectivity index is 1.84. The molecular formula is C23H19Cl2FN4O2. The highest BCUT2D eigenvalue weighted by atomic mass is 35.5. The first-order valence-corrected chi connectivity index (χ1v) is 10.3. The van der Waals surface area contributed by atoms with Gasteiger partial charge in [0.25, 0.3) is 11.8 Å². The van der Waals surface area contributed by atoms with Crippen LogP contribution < -0.4 is 16.4 Å². The number of nitrogens with zero attached hydrogens (tertiary/aromatic N) is 1. The van der Waals surface area contributed by atoms with Gasteiger partial charge in [0, 0.05) is 27.8 Å². The van der Waals surface area contributed by atoms with Crippen LogP contribution >= 0.6 is 23.2 Å². The van der Waals surface area contributed by atoms with Gasteiger partial charge in [0.15, 0.2) is 0 Å². The zero-order chi connectivity index (χ0) is 23.3. The number of rotatable bonds is 6. The molecule has 0 unspecified atom stereocenters. The van der Waals surface area contributed by atoms with Crippen LogP contribution in [0.25, 0.3) is 0 Å². The number of amides is 2. The molecule has 4 N–H and O–H groups in total. The molecule has 164 valence electrons. The van der Waals surface area contributed by atoms with Gasteiger partial charge in [-0.2, -0.15) is 0 Å². The van der Waals surface area contributed by atoms with Crippen molar-refractivity contribution in [2.45, 2.75) is 6.92 Å². The predicted molar refractivity (Wildman–Crippen MR) is 126 cm³/mol. The van der Waals surface area contributed by atoms with Gasteiger partial charge in [0.05, 0.1) is 16.8 Å². The molecule has 0 aliphatic carbocycles. The van der Waals surface area contributed by atoms with E-state index in [1.807, 2.05) is 0 Å². The number of nitrogens with one attached hydrogen (secondary N) is 2. The molecule has 0 bridgehead atoms. The van der Waals surface area contributed by atoms with Gasteiger partial charge in [-0.25, -0.2) is 4.39 Å².